The van der Waals surface area contributed by atoms with E-state index in [9.17, 15) is 23.3 Å². The molecule has 0 saturated heterocycles. The van der Waals surface area contributed by atoms with Crippen LogP contribution in [0.15, 0.2) is 17.0 Å². The van der Waals surface area contributed by atoms with Crippen molar-refractivity contribution in [2.75, 3.05) is 26.8 Å². The smallest absolute Gasteiger partial charge is 0.318 e. The Morgan fingerprint density at radius 2 is 1.91 bits per heavy atom. The van der Waals surface area contributed by atoms with E-state index in [-0.39, 0.29) is 24.7 Å². The molecule has 0 atom stereocenters. The maximum Gasteiger partial charge on any atom is 0.318 e. The molecule has 0 saturated carbocycles. The first-order valence-corrected chi connectivity index (χ1v) is 7.43. The van der Waals surface area contributed by atoms with Crippen molar-refractivity contribution in [1.82, 2.24) is 4.31 Å². The molecule has 0 radical (unpaired) electrons. The van der Waals surface area contributed by atoms with Gasteiger partial charge in [0, 0.05) is 13.1 Å². The van der Waals surface area contributed by atoms with Gasteiger partial charge in [-0.15, -0.1) is 0 Å². The fourth-order valence-corrected chi connectivity index (χ4v) is 3.12. The summed E-state index contributed by atoms with van der Waals surface area (Å²) in [5.74, 6) is -1.26. The van der Waals surface area contributed by atoms with Crippen LogP contribution in [0.2, 0.25) is 0 Å². The predicted molar refractivity (Wildman–Crippen MR) is 71.5 cm³/mol. The molecule has 1 N–H and O–H groups in total. The number of nitro benzene ring substituents is 1. The first-order valence-electron chi connectivity index (χ1n) is 5.99. The molecule has 2 rings (SSSR count). The summed E-state index contributed by atoms with van der Waals surface area (Å²) in [6.07, 6.45) is 0. The fraction of sp³-hybridized carbons (Fsp3) is 0.364. The van der Waals surface area contributed by atoms with Crippen molar-refractivity contribution < 1.29 is 32.7 Å². The van der Waals surface area contributed by atoms with Gasteiger partial charge in [-0.3, -0.25) is 14.9 Å². The van der Waals surface area contributed by atoms with E-state index in [0.29, 0.717) is 4.31 Å². The number of carboxylic acids is 1. The molecule has 120 valence electrons. The number of carbonyl (C=O) groups is 1. The number of likely N-dealkylation sites (N-methyl/N-ethyl adjacent to an activating group) is 1. The summed E-state index contributed by atoms with van der Waals surface area (Å²) in [4.78, 5) is 20.2. The summed E-state index contributed by atoms with van der Waals surface area (Å²) < 4.78 is 35.6. The van der Waals surface area contributed by atoms with E-state index in [2.05, 4.69) is 0 Å². The molecule has 1 aliphatic rings. The molecule has 0 amide bonds. The molecule has 1 aromatic carbocycles. The van der Waals surface area contributed by atoms with E-state index < -0.39 is 38.0 Å². The topological polar surface area (TPSA) is 136 Å². The molecule has 0 fully saturated rings. The van der Waals surface area contributed by atoms with Gasteiger partial charge in [0.05, 0.1) is 11.0 Å². The van der Waals surface area contributed by atoms with Crippen LogP contribution in [0.25, 0.3) is 0 Å². The number of hydrogen-bond acceptors (Lipinski definition) is 7. The maximum absolute atomic E-state index is 12.3. The first-order chi connectivity index (χ1) is 10.2. The van der Waals surface area contributed by atoms with Gasteiger partial charge in [-0.1, -0.05) is 0 Å². The van der Waals surface area contributed by atoms with Crippen LogP contribution in [0.5, 0.6) is 11.5 Å². The normalized spacial score (nSPS) is 13.9. The lowest BCUT2D eigenvalue weighted by Gasteiger charge is -2.20. The Balaban J connectivity index is 2.57. The zero-order valence-electron chi connectivity index (χ0n) is 11.4. The predicted octanol–water partition coefficient (Wildman–Crippen LogP) is 0.0711. The Morgan fingerprint density at radius 3 is 2.41 bits per heavy atom. The van der Waals surface area contributed by atoms with E-state index in [4.69, 9.17) is 14.6 Å². The lowest BCUT2D eigenvalue weighted by Crippen LogP contribution is -2.32. The Labute approximate surface area is 125 Å². The van der Waals surface area contributed by atoms with Gasteiger partial charge in [0.15, 0.2) is 16.4 Å². The summed E-state index contributed by atoms with van der Waals surface area (Å²) in [6, 6.07) is 1.93. The summed E-state index contributed by atoms with van der Waals surface area (Å²) in [5.41, 5.74) is -0.707. The maximum atomic E-state index is 12.3. The SMILES string of the molecule is CN(CC(=O)O)S(=O)(=O)c1cc2c(cc1[N+](=O)[O-])OCCO2. The van der Waals surface area contributed by atoms with Crippen LogP contribution < -0.4 is 9.47 Å². The summed E-state index contributed by atoms with van der Waals surface area (Å²) in [7, 11) is -3.35. The van der Waals surface area contributed by atoms with Crippen molar-refractivity contribution >= 4 is 21.7 Å². The molecular formula is C11H12N2O8S. The number of rotatable bonds is 5. The molecular weight excluding hydrogens is 320 g/mol. The van der Waals surface area contributed by atoms with Gasteiger partial charge >= 0.3 is 5.97 Å². The Kier molecular flexibility index (Phi) is 4.19. The van der Waals surface area contributed by atoms with Gasteiger partial charge in [0.1, 0.15) is 19.8 Å². The van der Waals surface area contributed by atoms with Crippen molar-refractivity contribution in [3.8, 4) is 11.5 Å². The third kappa shape index (κ3) is 2.94. The van der Waals surface area contributed by atoms with E-state index >= 15 is 0 Å². The zero-order valence-corrected chi connectivity index (χ0v) is 12.2. The van der Waals surface area contributed by atoms with E-state index in [0.717, 1.165) is 19.2 Å². The number of ether oxygens (including phenoxy) is 2. The highest BCUT2D eigenvalue weighted by molar-refractivity contribution is 7.89. The highest BCUT2D eigenvalue weighted by Crippen LogP contribution is 2.39. The van der Waals surface area contributed by atoms with Crippen LogP contribution in [0.4, 0.5) is 5.69 Å². The van der Waals surface area contributed by atoms with E-state index in [1.807, 2.05) is 0 Å². The number of nitrogens with zero attached hydrogens (tertiary/aromatic N) is 2. The summed E-state index contributed by atoms with van der Waals surface area (Å²) in [6.45, 7) is -0.460. The van der Waals surface area contributed by atoms with Gasteiger partial charge in [0.25, 0.3) is 5.69 Å². The number of sulfonamides is 1. The first kappa shape index (κ1) is 16.0. The van der Waals surface area contributed by atoms with E-state index in [1.54, 1.807) is 0 Å². The van der Waals surface area contributed by atoms with Crippen molar-refractivity contribution in [3.63, 3.8) is 0 Å². The van der Waals surface area contributed by atoms with Crippen molar-refractivity contribution in [2.24, 2.45) is 0 Å². The minimum atomic E-state index is -4.37. The molecule has 1 aliphatic heterocycles. The average Bonchev–Trinajstić information content (AvgIpc) is 2.45. The number of carboxylic acid groups (broad SMARTS) is 1. The van der Waals surface area contributed by atoms with Gasteiger partial charge < -0.3 is 14.6 Å². The Morgan fingerprint density at radius 1 is 1.36 bits per heavy atom. The Hall–Kier alpha value is -2.40. The van der Waals surface area contributed by atoms with Crippen molar-refractivity contribution in [2.45, 2.75) is 4.90 Å². The molecule has 11 heteroatoms. The molecule has 0 aromatic heterocycles. The van der Waals surface area contributed by atoms with Crippen LogP contribution in [0, 0.1) is 10.1 Å². The molecule has 22 heavy (non-hydrogen) atoms. The fourth-order valence-electron chi connectivity index (χ4n) is 1.85. The number of fused-ring (bicyclic) bond motifs is 1. The lowest BCUT2D eigenvalue weighted by atomic mass is 10.2. The van der Waals surface area contributed by atoms with Crippen LogP contribution in [0.1, 0.15) is 0 Å². The minimum absolute atomic E-state index is 0.0548. The number of hydrogen-bond donors (Lipinski definition) is 1. The molecule has 1 aromatic rings. The lowest BCUT2D eigenvalue weighted by molar-refractivity contribution is -0.388. The van der Waals surface area contributed by atoms with Crippen LogP contribution in [-0.2, 0) is 14.8 Å². The highest BCUT2D eigenvalue weighted by Gasteiger charge is 2.33. The van der Waals surface area contributed by atoms with Gasteiger partial charge in [-0.2, -0.15) is 4.31 Å². The highest BCUT2D eigenvalue weighted by atomic mass is 32.2. The number of aliphatic carboxylic acids is 1. The van der Waals surface area contributed by atoms with Gasteiger partial charge in [-0.05, 0) is 0 Å². The molecule has 0 bridgehead atoms. The molecule has 10 nitrogen and oxygen atoms in total. The molecule has 0 unspecified atom stereocenters. The Bertz CT molecular complexity index is 730. The third-order valence-electron chi connectivity index (χ3n) is 2.87. The van der Waals surface area contributed by atoms with Crippen LogP contribution >= 0.6 is 0 Å². The standard InChI is InChI=1S/C11H12N2O8S/c1-12(6-11(14)15)22(18,19)10-5-9-8(20-2-3-21-9)4-7(10)13(16)17/h4-5H,2-3,6H2,1H3,(H,14,15). The van der Waals surface area contributed by atoms with Crippen LogP contribution in [0.3, 0.4) is 0 Å². The monoisotopic (exact) mass is 332 g/mol. The number of nitro groups is 1. The molecule has 1 heterocycles. The second-order valence-corrected chi connectivity index (χ2v) is 6.39. The van der Waals surface area contributed by atoms with Crippen molar-refractivity contribution in [1.29, 1.82) is 0 Å². The quantitative estimate of drug-likeness (QED) is 0.591. The summed E-state index contributed by atoms with van der Waals surface area (Å²) in [5, 5.41) is 19.8. The second kappa shape index (κ2) is 5.77. The molecule has 0 spiro atoms. The minimum Gasteiger partial charge on any atom is -0.486 e. The van der Waals surface area contributed by atoms with Gasteiger partial charge in [0.2, 0.25) is 10.0 Å². The van der Waals surface area contributed by atoms with Gasteiger partial charge in [-0.25, -0.2) is 8.42 Å². The largest absolute Gasteiger partial charge is 0.486 e. The molecule has 0 aliphatic carbocycles. The van der Waals surface area contributed by atoms with E-state index in [1.165, 1.54) is 0 Å². The summed E-state index contributed by atoms with van der Waals surface area (Å²) >= 11 is 0. The second-order valence-electron chi connectivity index (χ2n) is 4.38. The zero-order chi connectivity index (χ0) is 16.5. The average molecular weight is 332 g/mol. The van der Waals surface area contributed by atoms with Crippen LogP contribution in [-0.4, -0.2) is 55.5 Å². The van der Waals surface area contributed by atoms with Crippen molar-refractivity contribution in [3.05, 3.63) is 22.2 Å². The number of benzene rings is 1. The third-order valence-corrected chi connectivity index (χ3v) is 4.70.